The summed E-state index contributed by atoms with van der Waals surface area (Å²) in [4.78, 5) is 7.61. The van der Waals surface area contributed by atoms with E-state index in [-0.39, 0.29) is 16.2 Å². The van der Waals surface area contributed by atoms with Crippen LogP contribution in [0.4, 0.5) is 0 Å². The second-order valence-electron chi connectivity index (χ2n) is 5.32. The molecule has 106 valence electrons. The summed E-state index contributed by atoms with van der Waals surface area (Å²) in [5.41, 5.74) is 0. The van der Waals surface area contributed by atoms with Crippen LogP contribution in [0, 0.1) is 11.8 Å². The topological polar surface area (TPSA) is 63.2 Å². The lowest BCUT2D eigenvalue weighted by Gasteiger charge is -2.39. The Labute approximate surface area is 119 Å². The Morgan fingerprint density at radius 1 is 1.26 bits per heavy atom. The van der Waals surface area contributed by atoms with Gasteiger partial charge in [0.2, 0.25) is 15.3 Å². The highest BCUT2D eigenvalue weighted by molar-refractivity contribution is 7.89. The first-order valence-corrected chi connectivity index (χ1v) is 8.13. The minimum Gasteiger partial charge on any atom is -0.225 e. The second kappa shape index (κ2) is 5.34. The molecule has 19 heavy (non-hydrogen) atoms. The number of sulfonamides is 1. The van der Waals surface area contributed by atoms with E-state index in [2.05, 4.69) is 23.8 Å². The summed E-state index contributed by atoms with van der Waals surface area (Å²) in [7, 11) is -3.54. The monoisotopic (exact) mass is 303 g/mol. The van der Waals surface area contributed by atoms with Crippen molar-refractivity contribution in [1.29, 1.82) is 0 Å². The van der Waals surface area contributed by atoms with Crippen LogP contribution in [0.15, 0.2) is 17.3 Å². The number of nitrogens with zero attached hydrogens (tertiary/aromatic N) is 3. The Kier molecular flexibility index (Phi) is 4.13. The summed E-state index contributed by atoms with van der Waals surface area (Å²) in [5.74, 6) is 0.695. The maximum Gasteiger partial charge on any atom is 0.246 e. The summed E-state index contributed by atoms with van der Waals surface area (Å²) in [6, 6.07) is -0.0168. The van der Waals surface area contributed by atoms with Gasteiger partial charge in [-0.3, -0.25) is 0 Å². The molecule has 7 heteroatoms. The predicted molar refractivity (Wildman–Crippen MR) is 73.3 cm³/mol. The Morgan fingerprint density at radius 2 is 1.84 bits per heavy atom. The van der Waals surface area contributed by atoms with Crippen LogP contribution in [-0.2, 0) is 10.0 Å². The SMILES string of the molecule is CC1CC(C)C(C)N(S(=O)(=O)c2cnc(Cl)nc2)C1. The van der Waals surface area contributed by atoms with E-state index in [1.54, 1.807) is 4.31 Å². The Balaban J connectivity index is 2.35. The highest BCUT2D eigenvalue weighted by Gasteiger charge is 2.37. The molecule has 1 aliphatic heterocycles. The van der Waals surface area contributed by atoms with Crippen LogP contribution in [0.2, 0.25) is 5.28 Å². The zero-order chi connectivity index (χ0) is 14.2. The maximum absolute atomic E-state index is 12.6. The van der Waals surface area contributed by atoms with Gasteiger partial charge in [-0.2, -0.15) is 4.31 Å². The van der Waals surface area contributed by atoms with Crippen molar-refractivity contribution in [3.8, 4) is 0 Å². The summed E-state index contributed by atoms with van der Waals surface area (Å²) in [5, 5.41) is 0.0485. The largest absolute Gasteiger partial charge is 0.246 e. The van der Waals surface area contributed by atoms with Crippen molar-refractivity contribution in [2.45, 2.75) is 38.1 Å². The van der Waals surface area contributed by atoms with Crippen LogP contribution in [-0.4, -0.2) is 35.3 Å². The van der Waals surface area contributed by atoms with Gasteiger partial charge in [0.05, 0.1) is 12.4 Å². The third kappa shape index (κ3) is 2.90. The average Bonchev–Trinajstić information content (AvgIpc) is 2.34. The molecule has 0 bridgehead atoms. The third-order valence-electron chi connectivity index (χ3n) is 3.75. The second-order valence-corrected chi connectivity index (χ2v) is 7.55. The lowest BCUT2D eigenvalue weighted by Crippen LogP contribution is -2.48. The molecule has 0 radical (unpaired) electrons. The van der Waals surface area contributed by atoms with Crippen LogP contribution >= 0.6 is 11.6 Å². The number of halogens is 1. The van der Waals surface area contributed by atoms with Crippen LogP contribution < -0.4 is 0 Å². The van der Waals surface area contributed by atoms with Gasteiger partial charge in [0, 0.05) is 12.6 Å². The Morgan fingerprint density at radius 3 is 2.42 bits per heavy atom. The fourth-order valence-corrected chi connectivity index (χ4v) is 4.39. The zero-order valence-electron chi connectivity index (χ0n) is 11.2. The van der Waals surface area contributed by atoms with Crippen LogP contribution in [0.5, 0.6) is 0 Å². The lowest BCUT2D eigenvalue weighted by molar-refractivity contribution is 0.157. The molecule has 1 fully saturated rings. The van der Waals surface area contributed by atoms with E-state index in [9.17, 15) is 8.42 Å². The van der Waals surface area contributed by atoms with E-state index < -0.39 is 10.0 Å². The van der Waals surface area contributed by atoms with E-state index in [1.165, 1.54) is 12.4 Å². The van der Waals surface area contributed by atoms with Crippen molar-refractivity contribution in [3.05, 3.63) is 17.7 Å². The molecular weight excluding hydrogens is 286 g/mol. The molecule has 2 rings (SSSR count). The first kappa shape index (κ1) is 14.7. The van der Waals surface area contributed by atoms with Crippen molar-refractivity contribution < 1.29 is 8.42 Å². The van der Waals surface area contributed by atoms with Gasteiger partial charge in [-0.1, -0.05) is 13.8 Å². The number of hydrogen-bond acceptors (Lipinski definition) is 4. The van der Waals surface area contributed by atoms with E-state index in [1.807, 2.05) is 6.92 Å². The van der Waals surface area contributed by atoms with Gasteiger partial charge in [0.15, 0.2) is 0 Å². The highest BCUT2D eigenvalue weighted by atomic mass is 35.5. The highest BCUT2D eigenvalue weighted by Crippen LogP contribution is 2.31. The molecule has 2 heterocycles. The molecule has 1 aromatic rings. The molecule has 1 aromatic heterocycles. The van der Waals surface area contributed by atoms with Gasteiger partial charge in [0.25, 0.3) is 0 Å². The van der Waals surface area contributed by atoms with Gasteiger partial charge in [0.1, 0.15) is 4.90 Å². The van der Waals surface area contributed by atoms with Gasteiger partial charge in [-0.15, -0.1) is 0 Å². The summed E-state index contributed by atoms with van der Waals surface area (Å²) in [6.07, 6.45) is 3.58. The van der Waals surface area contributed by atoms with Crippen molar-refractivity contribution in [2.24, 2.45) is 11.8 Å². The zero-order valence-corrected chi connectivity index (χ0v) is 12.8. The lowest BCUT2D eigenvalue weighted by atomic mass is 9.88. The van der Waals surface area contributed by atoms with E-state index in [4.69, 9.17) is 11.6 Å². The van der Waals surface area contributed by atoms with Crippen molar-refractivity contribution in [1.82, 2.24) is 14.3 Å². The standard InChI is InChI=1S/C12H18ClN3O2S/c1-8-4-9(2)10(3)16(7-8)19(17,18)11-5-14-12(13)15-6-11/h5-6,8-10H,4,7H2,1-3H3. The molecular formula is C12H18ClN3O2S. The van der Waals surface area contributed by atoms with Crippen molar-refractivity contribution >= 4 is 21.6 Å². The molecule has 3 atom stereocenters. The third-order valence-corrected chi connectivity index (χ3v) is 5.85. The smallest absolute Gasteiger partial charge is 0.225 e. The first-order valence-electron chi connectivity index (χ1n) is 6.31. The number of hydrogen-bond donors (Lipinski definition) is 0. The number of rotatable bonds is 2. The Hall–Kier alpha value is -0.720. The van der Waals surface area contributed by atoms with Crippen molar-refractivity contribution in [3.63, 3.8) is 0 Å². The normalized spacial score (nSPS) is 29.4. The van der Waals surface area contributed by atoms with Crippen molar-refractivity contribution in [2.75, 3.05) is 6.54 Å². The maximum atomic E-state index is 12.6. The molecule has 1 saturated heterocycles. The average molecular weight is 304 g/mol. The molecule has 0 amide bonds. The fourth-order valence-electron chi connectivity index (χ4n) is 2.55. The van der Waals surface area contributed by atoms with E-state index in [0.717, 1.165) is 6.42 Å². The van der Waals surface area contributed by atoms with Gasteiger partial charge in [-0.25, -0.2) is 18.4 Å². The molecule has 0 N–H and O–H groups in total. The minimum atomic E-state index is -3.54. The van der Waals surface area contributed by atoms with E-state index >= 15 is 0 Å². The minimum absolute atomic E-state index is 0.0168. The van der Waals surface area contributed by atoms with Crippen LogP contribution in [0.25, 0.3) is 0 Å². The molecule has 5 nitrogen and oxygen atoms in total. The van der Waals surface area contributed by atoms with Crippen LogP contribution in [0.1, 0.15) is 27.2 Å². The van der Waals surface area contributed by atoms with Gasteiger partial charge < -0.3 is 0 Å². The van der Waals surface area contributed by atoms with E-state index in [0.29, 0.717) is 18.4 Å². The summed E-state index contributed by atoms with van der Waals surface area (Å²) >= 11 is 5.59. The predicted octanol–water partition coefficient (Wildman–Crippen LogP) is 2.19. The van der Waals surface area contributed by atoms with Crippen LogP contribution in [0.3, 0.4) is 0 Å². The first-order chi connectivity index (χ1) is 8.82. The molecule has 0 spiro atoms. The molecule has 0 aromatic carbocycles. The molecule has 1 aliphatic rings. The fraction of sp³-hybridized carbons (Fsp3) is 0.667. The summed E-state index contributed by atoms with van der Waals surface area (Å²) < 4.78 is 26.8. The molecule has 3 unspecified atom stereocenters. The Bertz CT molecular complexity index is 547. The summed E-state index contributed by atoms with van der Waals surface area (Å²) in [6.45, 7) is 6.64. The molecule has 0 aliphatic carbocycles. The number of piperidine rings is 1. The quantitative estimate of drug-likeness (QED) is 0.786. The van der Waals surface area contributed by atoms with Gasteiger partial charge in [-0.05, 0) is 36.8 Å². The molecule has 0 saturated carbocycles. The number of aromatic nitrogens is 2. The van der Waals surface area contributed by atoms with Gasteiger partial charge >= 0.3 is 0 Å².